The van der Waals surface area contributed by atoms with E-state index in [2.05, 4.69) is 33.0 Å². The molecule has 1 heterocycles. The molecule has 1 radical (unpaired) electrons. The molecule has 0 aromatic rings. The molecule has 1 N–H and O–H groups in total. The summed E-state index contributed by atoms with van der Waals surface area (Å²) in [6.07, 6.45) is 56.6. The molecule has 0 bridgehead atoms. The van der Waals surface area contributed by atoms with Gasteiger partial charge in [-0.25, -0.2) is 0 Å². The zero-order valence-corrected chi connectivity index (χ0v) is 34.1. The Labute approximate surface area is 312 Å². The first kappa shape index (κ1) is 47.6. The summed E-state index contributed by atoms with van der Waals surface area (Å²) in [7, 11) is 0. The number of rotatable bonds is 36. The predicted molar refractivity (Wildman–Crippen MR) is 217 cm³/mol. The molecule has 1 rings (SSSR count). The topological polar surface area (TPSA) is 12.0 Å². The van der Waals surface area contributed by atoms with Crippen LogP contribution in [-0.2, 0) is 0 Å². The molecule has 0 saturated carbocycles. The molecule has 2 heteroatoms. The van der Waals surface area contributed by atoms with Gasteiger partial charge in [-0.15, -0.1) is 0 Å². The first-order valence-corrected chi connectivity index (χ1v) is 22.4. The Morgan fingerprint density at radius 3 is 0.702 bits per heavy atom. The van der Waals surface area contributed by atoms with Crippen molar-refractivity contribution in [2.24, 2.45) is 0 Å². The third kappa shape index (κ3) is 27.0. The standard InChI is InChI=1S/C45H91N.Li/c1-5-9-13-17-21-25-29-33-38-44(39-34-30-26-22-18-14-10-6-2)42-37-43-45(46-44,40-35-31-27-23-19-15-11-7-3)41-36-32-28-24-20-16-12-8-4;/h46H,5-43H2,1-4H3;. The van der Waals surface area contributed by atoms with Crippen LogP contribution in [0.3, 0.4) is 0 Å². The molecule has 1 nitrogen and oxygen atoms in total. The van der Waals surface area contributed by atoms with Crippen LogP contribution in [0.4, 0.5) is 0 Å². The molecule has 47 heavy (non-hydrogen) atoms. The number of piperidine rings is 1. The molecule has 0 aromatic carbocycles. The van der Waals surface area contributed by atoms with Gasteiger partial charge in [-0.05, 0) is 44.9 Å². The van der Waals surface area contributed by atoms with Crippen LogP contribution in [0.1, 0.15) is 278 Å². The maximum atomic E-state index is 4.66. The fourth-order valence-corrected chi connectivity index (χ4v) is 8.84. The van der Waals surface area contributed by atoms with Crippen LogP contribution >= 0.6 is 0 Å². The fourth-order valence-electron chi connectivity index (χ4n) is 8.84. The fraction of sp³-hybridized carbons (Fsp3) is 1.00. The van der Waals surface area contributed by atoms with Crippen molar-refractivity contribution in [3.8, 4) is 0 Å². The molecule has 0 aromatic heterocycles. The normalized spacial score (nSPS) is 15.6. The van der Waals surface area contributed by atoms with Gasteiger partial charge in [0.2, 0.25) is 0 Å². The van der Waals surface area contributed by atoms with Gasteiger partial charge in [-0.2, -0.15) is 0 Å². The van der Waals surface area contributed by atoms with Crippen molar-refractivity contribution in [3.63, 3.8) is 0 Å². The van der Waals surface area contributed by atoms with Gasteiger partial charge in [-0.1, -0.05) is 233 Å². The molecule has 277 valence electrons. The van der Waals surface area contributed by atoms with E-state index < -0.39 is 0 Å². The average Bonchev–Trinajstić information content (AvgIpc) is 3.06. The first-order chi connectivity index (χ1) is 22.7. The first-order valence-electron chi connectivity index (χ1n) is 22.4. The molecule has 1 aliphatic rings. The summed E-state index contributed by atoms with van der Waals surface area (Å²) in [6, 6.07) is 0. The Kier molecular flexibility index (Phi) is 35.4. The number of nitrogens with one attached hydrogen (secondary N) is 1. The van der Waals surface area contributed by atoms with E-state index in [-0.39, 0.29) is 18.9 Å². The molecule has 1 aliphatic heterocycles. The molecule has 0 aliphatic carbocycles. The van der Waals surface area contributed by atoms with Crippen LogP contribution in [0.2, 0.25) is 0 Å². The van der Waals surface area contributed by atoms with Crippen molar-refractivity contribution in [3.05, 3.63) is 0 Å². The van der Waals surface area contributed by atoms with Gasteiger partial charge in [0.1, 0.15) is 0 Å². The van der Waals surface area contributed by atoms with E-state index >= 15 is 0 Å². The maximum absolute atomic E-state index is 4.66. The number of unbranched alkanes of at least 4 members (excludes halogenated alkanes) is 28. The van der Waals surface area contributed by atoms with Gasteiger partial charge in [0.05, 0.1) is 0 Å². The van der Waals surface area contributed by atoms with Crippen molar-refractivity contribution in [1.29, 1.82) is 0 Å². The minimum atomic E-state index is 0. The summed E-state index contributed by atoms with van der Waals surface area (Å²) in [5, 5.41) is 4.66. The number of hydrogen-bond donors (Lipinski definition) is 1. The molecule has 0 spiro atoms. The van der Waals surface area contributed by atoms with E-state index in [1.165, 1.54) is 250 Å². The Morgan fingerprint density at radius 1 is 0.298 bits per heavy atom. The molecule has 1 saturated heterocycles. The van der Waals surface area contributed by atoms with Gasteiger partial charge in [0, 0.05) is 29.9 Å². The molecule has 0 amide bonds. The van der Waals surface area contributed by atoms with E-state index in [0.717, 1.165) is 0 Å². The quantitative estimate of drug-likeness (QED) is 0.0524. The largest absolute Gasteiger partial charge is 0.306 e. The third-order valence-electron chi connectivity index (χ3n) is 11.9. The Hall–Kier alpha value is 0.557. The van der Waals surface area contributed by atoms with Crippen molar-refractivity contribution in [2.75, 3.05) is 0 Å². The van der Waals surface area contributed by atoms with E-state index in [1.54, 1.807) is 0 Å². The van der Waals surface area contributed by atoms with Gasteiger partial charge in [0.25, 0.3) is 0 Å². The second kappa shape index (κ2) is 35.0. The van der Waals surface area contributed by atoms with Crippen LogP contribution < -0.4 is 5.32 Å². The van der Waals surface area contributed by atoms with E-state index in [1.807, 2.05) is 0 Å². The van der Waals surface area contributed by atoms with Crippen molar-refractivity contribution >= 4 is 18.9 Å². The van der Waals surface area contributed by atoms with Crippen LogP contribution in [0.15, 0.2) is 0 Å². The zero-order valence-electron chi connectivity index (χ0n) is 34.1. The Balaban J connectivity index is 0.0000212. The molecule has 0 atom stereocenters. The Morgan fingerprint density at radius 2 is 0.489 bits per heavy atom. The van der Waals surface area contributed by atoms with Crippen LogP contribution in [0, 0.1) is 0 Å². The van der Waals surface area contributed by atoms with Gasteiger partial charge >= 0.3 is 0 Å². The summed E-state index contributed by atoms with van der Waals surface area (Å²) in [6.45, 7) is 9.36. The van der Waals surface area contributed by atoms with Crippen molar-refractivity contribution < 1.29 is 0 Å². The summed E-state index contributed by atoms with van der Waals surface area (Å²) >= 11 is 0. The second-order valence-electron chi connectivity index (χ2n) is 16.4. The third-order valence-corrected chi connectivity index (χ3v) is 11.9. The van der Waals surface area contributed by atoms with Crippen LogP contribution in [0.25, 0.3) is 0 Å². The Bertz CT molecular complexity index is 513. The summed E-state index contributed by atoms with van der Waals surface area (Å²) in [5.74, 6) is 0. The molecular formula is C45H91LiN. The van der Waals surface area contributed by atoms with Gasteiger partial charge in [-0.3, -0.25) is 0 Å². The second-order valence-corrected chi connectivity index (χ2v) is 16.4. The monoisotopic (exact) mass is 653 g/mol. The van der Waals surface area contributed by atoms with Gasteiger partial charge in [0.15, 0.2) is 0 Å². The molecule has 0 unspecified atom stereocenters. The van der Waals surface area contributed by atoms with Crippen LogP contribution in [0.5, 0.6) is 0 Å². The van der Waals surface area contributed by atoms with Gasteiger partial charge < -0.3 is 5.32 Å². The predicted octanol–water partition coefficient (Wildman–Crippen LogP) is 16.0. The van der Waals surface area contributed by atoms with E-state index in [0.29, 0.717) is 11.1 Å². The minimum absolute atomic E-state index is 0. The van der Waals surface area contributed by atoms with Crippen molar-refractivity contribution in [2.45, 2.75) is 289 Å². The SMILES string of the molecule is CCCCCCCCCCC1(CCCCCCCCCC)CCCC(CCCCCCCCCC)(CCCCCCCCCC)N1.[Li]. The summed E-state index contributed by atoms with van der Waals surface area (Å²) < 4.78 is 0. The minimum Gasteiger partial charge on any atom is -0.306 e. The number of hydrogen-bond acceptors (Lipinski definition) is 1. The average molecular weight is 653 g/mol. The molecular weight excluding hydrogens is 561 g/mol. The van der Waals surface area contributed by atoms with Crippen LogP contribution in [-0.4, -0.2) is 29.9 Å². The summed E-state index contributed by atoms with van der Waals surface area (Å²) in [4.78, 5) is 0. The summed E-state index contributed by atoms with van der Waals surface area (Å²) in [5.41, 5.74) is 0.867. The smallest absolute Gasteiger partial charge is 0.0186 e. The van der Waals surface area contributed by atoms with E-state index in [9.17, 15) is 0 Å². The zero-order chi connectivity index (χ0) is 33.3. The van der Waals surface area contributed by atoms with E-state index in [4.69, 9.17) is 0 Å². The maximum Gasteiger partial charge on any atom is 0.0186 e. The van der Waals surface area contributed by atoms with Crippen molar-refractivity contribution in [1.82, 2.24) is 5.32 Å². The molecule has 1 fully saturated rings.